The molecule has 5 aliphatic rings. The Bertz CT molecular complexity index is 2800. The first-order chi connectivity index (χ1) is 29.9. The Labute approximate surface area is 356 Å². The Morgan fingerprint density at radius 1 is 0.754 bits per heavy atom. The molecular formula is C53H51N4O4+. The van der Waals surface area contributed by atoms with E-state index in [1.54, 1.807) is 12.1 Å². The lowest BCUT2D eigenvalue weighted by atomic mass is 9.88. The van der Waals surface area contributed by atoms with Crippen LogP contribution in [0.25, 0.3) is 33.4 Å². The fourth-order valence-corrected chi connectivity index (χ4v) is 9.80. The molecule has 5 aromatic rings. The van der Waals surface area contributed by atoms with Gasteiger partial charge in [0, 0.05) is 96.5 Å². The number of amides is 1. The molecular weight excluding hydrogens is 757 g/mol. The van der Waals surface area contributed by atoms with Crippen molar-refractivity contribution in [2.75, 3.05) is 37.6 Å². The van der Waals surface area contributed by atoms with E-state index in [-0.39, 0.29) is 36.2 Å². The molecule has 0 spiro atoms. The number of fused-ring (bicyclic) bond motifs is 4. The summed E-state index contributed by atoms with van der Waals surface area (Å²) in [5.41, 5.74) is 13.0. The minimum absolute atomic E-state index is 0.0200. The van der Waals surface area contributed by atoms with E-state index < -0.39 is 0 Å². The third-order valence-corrected chi connectivity index (χ3v) is 13.1. The van der Waals surface area contributed by atoms with E-state index in [1.165, 1.54) is 39.2 Å². The van der Waals surface area contributed by atoms with Crippen LogP contribution in [0.15, 0.2) is 138 Å². The van der Waals surface area contributed by atoms with Crippen molar-refractivity contribution in [2.24, 2.45) is 5.92 Å². The molecule has 61 heavy (non-hydrogen) atoms. The Morgan fingerprint density at radius 2 is 1.54 bits per heavy atom. The maximum Gasteiger partial charge on any atom is 0.220 e. The summed E-state index contributed by atoms with van der Waals surface area (Å²) in [7, 11) is 0. The van der Waals surface area contributed by atoms with Gasteiger partial charge < -0.3 is 19.7 Å². The van der Waals surface area contributed by atoms with Crippen molar-refractivity contribution in [1.82, 2.24) is 14.8 Å². The highest BCUT2D eigenvalue weighted by molar-refractivity contribution is 6.03. The summed E-state index contributed by atoms with van der Waals surface area (Å²) in [5.74, 6) is 1.17. The average molecular weight is 808 g/mol. The molecule has 10 rings (SSSR count). The fourth-order valence-electron chi connectivity index (χ4n) is 9.80. The molecule has 4 heterocycles. The number of carbonyl (C=O) groups is 2. The van der Waals surface area contributed by atoms with E-state index >= 15 is 0 Å². The van der Waals surface area contributed by atoms with Crippen LogP contribution >= 0.6 is 0 Å². The van der Waals surface area contributed by atoms with Crippen LogP contribution in [0.3, 0.4) is 0 Å². The number of ketones is 1. The second kappa shape index (κ2) is 16.9. The molecule has 5 aromatic carbocycles. The quantitative estimate of drug-likeness (QED) is 0.100. The van der Waals surface area contributed by atoms with Gasteiger partial charge in [0.25, 0.3) is 0 Å². The number of phenols is 1. The summed E-state index contributed by atoms with van der Waals surface area (Å²) in [6.07, 6.45) is 4.80. The molecule has 1 fully saturated rings. The molecule has 8 heteroatoms. The van der Waals surface area contributed by atoms with Crippen LogP contribution in [0.1, 0.15) is 47.9 Å². The number of anilines is 2. The van der Waals surface area contributed by atoms with Gasteiger partial charge in [0.15, 0.2) is 6.54 Å². The summed E-state index contributed by atoms with van der Waals surface area (Å²) in [6, 6.07) is 46.6. The molecule has 1 amide bonds. The second-order valence-corrected chi connectivity index (χ2v) is 16.8. The summed E-state index contributed by atoms with van der Waals surface area (Å²) in [4.78, 5) is 30.7. The van der Waals surface area contributed by atoms with Gasteiger partial charge in [-0.3, -0.25) is 14.5 Å². The van der Waals surface area contributed by atoms with Crippen LogP contribution in [-0.2, 0) is 35.4 Å². The van der Waals surface area contributed by atoms with Crippen molar-refractivity contribution >= 4 is 39.7 Å². The van der Waals surface area contributed by atoms with Crippen LogP contribution in [0, 0.1) is 5.92 Å². The first-order valence-corrected chi connectivity index (χ1v) is 21.9. The topological polar surface area (TPSA) is 89.0 Å². The zero-order valence-electron chi connectivity index (χ0n) is 34.5. The predicted octanol–water partition coefficient (Wildman–Crippen LogP) is 9.18. The molecule has 0 atom stereocenters. The zero-order valence-corrected chi connectivity index (χ0v) is 34.5. The van der Waals surface area contributed by atoms with Crippen LogP contribution in [0.2, 0.25) is 0 Å². The maximum atomic E-state index is 13.3. The standard InChI is InChI=1S/C53H50N4O4/c58-43-17-13-36(14-18-43)23-28-54-52(60)22-21-49(59)39-24-29-55(30-25-39)35-40-9-1-4-10-44(40)53-45-19-15-41(56-31-26-37-7-2-5-11-47(37)56)33-50(45)61-51-34-42(16-20-46(51)53)57-32-27-38-8-3-6-12-48(38)57/h1-20,33-34,39H,21-32,35H2,(H-,54,58,60)/p+1. The van der Waals surface area contributed by atoms with Gasteiger partial charge in [-0.25, -0.2) is 0 Å². The highest BCUT2D eigenvalue weighted by atomic mass is 16.3. The Kier molecular flexibility index (Phi) is 10.7. The van der Waals surface area contributed by atoms with Gasteiger partial charge in [-0.05, 0) is 97.4 Å². The molecule has 1 aliphatic carbocycles. The lowest BCUT2D eigenvalue weighted by Gasteiger charge is -2.32. The SMILES string of the molecule is O=C(CCC(=O)C1CCN(Cc2ccccc2-c2c3ccc(=[N+]4CCc5ccccc54)cc-3oc3cc(N4CCc5ccccc54)ccc23)CC1)NCCc1ccc(O)cc1. The van der Waals surface area contributed by atoms with Crippen molar-refractivity contribution in [3.8, 4) is 28.2 Å². The van der Waals surface area contributed by atoms with Crippen LogP contribution in [0.5, 0.6) is 5.75 Å². The van der Waals surface area contributed by atoms with Gasteiger partial charge >= 0.3 is 0 Å². The minimum Gasteiger partial charge on any atom is -0.508 e. The van der Waals surface area contributed by atoms with E-state index in [2.05, 4.69) is 129 Å². The van der Waals surface area contributed by atoms with Crippen molar-refractivity contribution in [3.05, 3.63) is 161 Å². The number of nitrogens with one attached hydrogen (secondary N) is 1. The first-order valence-electron chi connectivity index (χ1n) is 21.9. The van der Waals surface area contributed by atoms with Gasteiger partial charge in [-0.1, -0.05) is 72.8 Å². The number of hydrogen-bond donors (Lipinski definition) is 2. The van der Waals surface area contributed by atoms with E-state index in [9.17, 15) is 14.7 Å². The van der Waals surface area contributed by atoms with Gasteiger partial charge in [0.2, 0.25) is 17.0 Å². The van der Waals surface area contributed by atoms with Crippen LogP contribution in [0.4, 0.5) is 17.1 Å². The molecule has 0 saturated carbocycles. The number of benzene rings is 6. The molecule has 2 N–H and O–H groups in total. The summed E-state index contributed by atoms with van der Waals surface area (Å²) < 4.78 is 9.36. The number of para-hydroxylation sites is 2. The Morgan fingerprint density at radius 3 is 2.41 bits per heavy atom. The summed E-state index contributed by atoms with van der Waals surface area (Å²) in [5, 5.41) is 14.7. The molecule has 0 unspecified atom stereocenters. The Balaban J connectivity index is 0.898. The third-order valence-electron chi connectivity index (χ3n) is 13.1. The van der Waals surface area contributed by atoms with Crippen molar-refractivity contribution in [1.29, 1.82) is 0 Å². The lowest BCUT2D eigenvalue weighted by molar-refractivity contribution is -0.128. The maximum absolute atomic E-state index is 13.3. The monoisotopic (exact) mass is 807 g/mol. The van der Waals surface area contributed by atoms with Crippen molar-refractivity contribution in [2.45, 2.75) is 51.5 Å². The molecule has 0 bridgehead atoms. The largest absolute Gasteiger partial charge is 0.508 e. The molecule has 0 aromatic heterocycles. The van der Waals surface area contributed by atoms with Gasteiger partial charge in [-0.2, -0.15) is 4.58 Å². The number of piperidine rings is 1. The van der Waals surface area contributed by atoms with Crippen LogP contribution < -0.4 is 20.1 Å². The molecule has 0 radical (unpaired) electrons. The number of aromatic hydroxyl groups is 1. The van der Waals surface area contributed by atoms with E-state index in [0.29, 0.717) is 13.0 Å². The Hall–Kier alpha value is -6.51. The normalized spacial score (nSPS) is 16.2. The van der Waals surface area contributed by atoms with Crippen molar-refractivity contribution < 1.29 is 19.1 Å². The third kappa shape index (κ3) is 7.96. The van der Waals surface area contributed by atoms with Gasteiger partial charge in [0.1, 0.15) is 22.9 Å². The molecule has 1 saturated heterocycles. The number of rotatable bonds is 11. The fraction of sp³-hybridized carbons (Fsp3) is 0.264. The van der Waals surface area contributed by atoms with Gasteiger partial charge in [-0.15, -0.1) is 0 Å². The van der Waals surface area contributed by atoms with Gasteiger partial charge in [0.05, 0.1) is 6.07 Å². The summed E-state index contributed by atoms with van der Waals surface area (Å²) >= 11 is 0. The van der Waals surface area contributed by atoms with E-state index in [1.807, 2.05) is 12.1 Å². The number of Topliss-reactive ketones (excluding diaryl/α,β-unsaturated/α-hetero) is 1. The summed E-state index contributed by atoms with van der Waals surface area (Å²) in [6.45, 7) is 4.82. The van der Waals surface area contributed by atoms with Crippen molar-refractivity contribution in [3.63, 3.8) is 0 Å². The zero-order chi connectivity index (χ0) is 41.3. The predicted molar refractivity (Wildman–Crippen MR) is 242 cm³/mol. The van der Waals surface area contributed by atoms with Crippen LogP contribution in [-0.4, -0.2) is 54.4 Å². The van der Waals surface area contributed by atoms with E-state index in [4.69, 9.17) is 4.42 Å². The number of carbonyl (C=O) groups excluding carboxylic acids is 2. The lowest BCUT2D eigenvalue weighted by Crippen LogP contribution is -2.36. The highest BCUT2D eigenvalue weighted by Crippen LogP contribution is 2.44. The molecule has 8 nitrogen and oxygen atoms in total. The second-order valence-electron chi connectivity index (χ2n) is 16.8. The number of likely N-dealkylation sites (tertiary alicyclic amines) is 1. The molecule has 4 aliphatic heterocycles. The average Bonchev–Trinajstić information content (AvgIpc) is 3.93. The number of nitrogens with zero attached hydrogens (tertiary/aromatic N) is 3. The first kappa shape index (κ1) is 38.7. The highest BCUT2D eigenvalue weighted by Gasteiger charge is 2.29. The smallest absolute Gasteiger partial charge is 0.220 e. The van der Waals surface area contributed by atoms with E-state index in [0.717, 1.165) is 97.3 Å². The minimum atomic E-state index is -0.0925. The number of hydrogen-bond acceptors (Lipinski definition) is 6. The number of phenolic OH excluding ortho intramolecular Hbond substituents is 1. The molecule has 306 valence electrons.